The van der Waals surface area contributed by atoms with Gasteiger partial charge in [-0.15, -0.1) is 0 Å². The van der Waals surface area contributed by atoms with Gasteiger partial charge in [0.25, 0.3) is 0 Å². The van der Waals surface area contributed by atoms with Crippen LogP contribution in [0.1, 0.15) is 0 Å². The lowest BCUT2D eigenvalue weighted by Crippen LogP contribution is -2.04. The van der Waals surface area contributed by atoms with E-state index in [1.54, 1.807) is 12.1 Å². The highest BCUT2D eigenvalue weighted by atomic mass is 32.1. The smallest absolute Gasteiger partial charge is 0.321 e. The molecule has 1 aromatic carbocycles. The first-order valence-electron chi connectivity index (χ1n) is 3.67. The van der Waals surface area contributed by atoms with Gasteiger partial charge in [-0.3, -0.25) is 4.57 Å². The Morgan fingerprint density at radius 2 is 2.07 bits per heavy atom. The molecule has 0 aliphatic rings. The first-order valence-corrected chi connectivity index (χ1v) is 5.66. The molecule has 14 heavy (non-hydrogen) atoms. The van der Waals surface area contributed by atoms with Crippen molar-refractivity contribution < 1.29 is 14.0 Å². The van der Waals surface area contributed by atoms with Gasteiger partial charge in [0.2, 0.25) is 0 Å². The van der Waals surface area contributed by atoms with Gasteiger partial charge in [0.1, 0.15) is 0 Å². The zero-order valence-corrected chi connectivity index (χ0v) is 9.09. The molecular formula is C8H8NO3PS. The topological polar surface area (TPSA) is 58.9 Å². The summed E-state index contributed by atoms with van der Waals surface area (Å²) in [4.78, 5) is 13.0. The van der Waals surface area contributed by atoms with Crippen LogP contribution < -0.4 is 5.30 Å². The number of hydrogen-bond donors (Lipinski definition) is 1. The summed E-state index contributed by atoms with van der Waals surface area (Å²) in [6.45, 7) is 0. The summed E-state index contributed by atoms with van der Waals surface area (Å²) in [6, 6.07) is 6.07. The fourth-order valence-electron chi connectivity index (χ4n) is 0.874. The third kappa shape index (κ3) is 2.58. The van der Waals surface area contributed by atoms with E-state index in [2.05, 4.69) is 26.9 Å². The number of nitrogens with zero attached hydrogens (tertiary/aromatic N) is 1. The van der Waals surface area contributed by atoms with Crippen molar-refractivity contribution in [3.63, 3.8) is 0 Å². The van der Waals surface area contributed by atoms with Crippen LogP contribution in [0.3, 0.4) is 0 Å². The second kappa shape index (κ2) is 4.60. The Kier molecular flexibility index (Phi) is 3.69. The zero-order chi connectivity index (χ0) is 10.6. The predicted octanol–water partition coefficient (Wildman–Crippen LogP) is 1.88. The van der Waals surface area contributed by atoms with Crippen molar-refractivity contribution in [2.75, 3.05) is 7.11 Å². The summed E-state index contributed by atoms with van der Waals surface area (Å²) in [6.07, 6.45) is 0. The Labute approximate surface area is 86.8 Å². The van der Waals surface area contributed by atoms with E-state index in [0.29, 0.717) is 5.69 Å². The largest absolute Gasteiger partial charge is 0.358 e. The molecular weight excluding hydrogens is 221 g/mol. The van der Waals surface area contributed by atoms with Crippen molar-refractivity contribution in [3.8, 4) is 0 Å². The average molecular weight is 229 g/mol. The van der Waals surface area contributed by atoms with E-state index in [0.717, 1.165) is 0 Å². The van der Waals surface area contributed by atoms with E-state index in [1.807, 2.05) is 0 Å². The van der Waals surface area contributed by atoms with Crippen molar-refractivity contribution in [1.29, 1.82) is 0 Å². The Hall–Kier alpha value is -0.830. The van der Waals surface area contributed by atoms with Crippen molar-refractivity contribution in [2.24, 2.45) is 4.99 Å². The molecule has 1 unspecified atom stereocenters. The van der Waals surface area contributed by atoms with Crippen LogP contribution in [0.2, 0.25) is 0 Å². The van der Waals surface area contributed by atoms with E-state index in [1.165, 1.54) is 19.2 Å². The third-order valence-electron chi connectivity index (χ3n) is 1.60. The van der Waals surface area contributed by atoms with Gasteiger partial charge < -0.3 is 9.42 Å². The molecule has 4 nitrogen and oxygen atoms in total. The van der Waals surface area contributed by atoms with Crippen LogP contribution in [0.5, 0.6) is 0 Å². The molecule has 0 saturated carbocycles. The first kappa shape index (κ1) is 11.2. The lowest BCUT2D eigenvalue weighted by molar-refractivity contribution is 0.328. The quantitative estimate of drug-likeness (QED) is 0.488. The minimum Gasteiger partial charge on any atom is -0.321 e. The molecule has 74 valence electrons. The highest BCUT2D eigenvalue weighted by Crippen LogP contribution is 2.39. The molecule has 1 aromatic rings. The Morgan fingerprint density at radius 3 is 2.50 bits per heavy atom. The van der Waals surface area contributed by atoms with Crippen LogP contribution in [0.25, 0.3) is 0 Å². The van der Waals surface area contributed by atoms with E-state index in [4.69, 9.17) is 0 Å². The normalized spacial score (nSPS) is 14.1. The second-order valence-electron chi connectivity index (χ2n) is 2.42. The maximum absolute atomic E-state index is 11.3. The van der Waals surface area contributed by atoms with E-state index < -0.39 is 7.60 Å². The summed E-state index contributed by atoms with van der Waals surface area (Å²) in [7, 11) is -2.47. The highest BCUT2D eigenvalue weighted by molar-refractivity contribution is 7.78. The summed E-state index contributed by atoms with van der Waals surface area (Å²) in [5.74, 6) is 0. The highest BCUT2D eigenvalue weighted by Gasteiger charge is 2.19. The molecule has 0 amide bonds. The molecule has 0 radical (unpaired) electrons. The number of isothiocyanates is 1. The molecule has 6 heteroatoms. The Bertz CT molecular complexity index is 411. The van der Waals surface area contributed by atoms with E-state index in [9.17, 15) is 9.46 Å². The SMILES string of the molecule is COP(=O)(O)c1ccc(N=C=S)cc1. The van der Waals surface area contributed by atoms with Crippen molar-refractivity contribution in [1.82, 2.24) is 0 Å². The van der Waals surface area contributed by atoms with Crippen LogP contribution in [-0.2, 0) is 9.09 Å². The lowest BCUT2D eigenvalue weighted by atomic mass is 10.3. The van der Waals surface area contributed by atoms with Crippen molar-refractivity contribution in [2.45, 2.75) is 0 Å². The van der Waals surface area contributed by atoms with Crippen LogP contribution in [0, 0.1) is 0 Å². The molecule has 1 rings (SSSR count). The van der Waals surface area contributed by atoms with Gasteiger partial charge in [-0.05, 0) is 36.5 Å². The number of rotatable bonds is 3. The van der Waals surface area contributed by atoms with Gasteiger partial charge >= 0.3 is 7.60 Å². The van der Waals surface area contributed by atoms with Crippen molar-refractivity contribution >= 4 is 36.0 Å². The fourth-order valence-corrected chi connectivity index (χ4v) is 1.72. The summed E-state index contributed by atoms with van der Waals surface area (Å²) >= 11 is 4.42. The third-order valence-corrected chi connectivity index (χ3v) is 3.14. The maximum Gasteiger partial charge on any atom is 0.358 e. The van der Waals surface area contributed by atoms with E-state index in [-0.39, 0.29) is 5.30 Å². The van der Waals surface area contributed by atoms with Crippen LogP contribution in [0.15, 0.2) is 29.3 Å². The zero-order valence-electron chi connectivity index (χ0n) is 7.38. The molecule has 0 aliphatic carbocycles. The first-order chi connectivity index (χ1) is 6.60. The predicted molar refractivity (Wildman–Crippen MR) is 57.6 cm³/mol. The van der Waals surface area contributed by atoms with Crippen LogP contribution in [0.4, 0.5) is 5.69 Å². The molecule has 0 bridgehead atoms. The van der Waals surface area contributed by atoms with Crippen LogP contribution in [-0.4, -0.2) is 17.2 Å². The number of aliphatic imine (C=N–C) groups is 1. The number of thiocarbonyl (C=S) groups is 1. The molecule has 0 aromatic heterocycles. The minimum absolute atomic E-state index is 0.225. The lowest BCUT2D eigenvalue weighted by Gasteiger charge is -2.07. The molecule has 0 saturated heterocycles. The second-order valence-corrected chi connectivity index (χ2v) is 4.53. The monoisotopic (exact) mass is 229 g/mol. The molecule has 1 N–H and O–H groups in total. The van der Waals surface area contributed by atoms with Crippen LogP contribution >= 0.6 is 19.8 Å². The molecule has 0 aliphatic heterocycles. The molecule has 1 atom stereocenters. The summed E-state index contributed by atoms with van der Waals surface area (Å²) < 4.78 is 15.8. The molecule has 0 fully saturated rings. The minimum atomic E-state index is -3.65. The molecule has 0 heterocycles. The van der Waals surface area contributed by atoms with Gasteiger partial charge in [0.15, 0.2) is 0 Å². The summed E-state index contributed by atoms with van der Waals surface area (Å²) in [5.41, 5.74) is 0.583. The van der Waals surface area contributed by atoms with Gasteiger partial charge in [-0.2, -0.15) is 4.99 Å². The van der Waals surface area contributed by atoms with Gasteiger partial charge in [0.05, 0.1) is 16.2 Å². The van der Waals surface area contributed by atoms with E-state index >= 15 is 0 Å². The van der Waals surface area contributed by atoms with Gasteiger partial charge in [-0.1, -0.05) is 0 Å². The fraction of sp³-hybridized carbons (Fsp3) is 0.125. The number of benzene rings is 1. The van der Waals surface area contributed by atoms with Gasteiger partial charge in [-0.25, -0.2) is 0 Å². The molecule has 0 spiro atoms. The summed E-state index contributed by atoms with van der Waals surface area (Å²) in [5, 5.41) is 2.43. The Balaban J connectivity index is 3.05. The van der Waals surface area contributed by atoms with Crippen molar-refractivity contribution in [3.05, 3.63) is 24.3 Å². The standard InChI is InChI=1S/C8H8NO3PS/c1-12-13(10,11)8-4-2-7(3-5-8)9-6-14/h2-5H,1H3,(H,10,11). The maximum atomic E-state index is 11.3. The van der Waals surface area contributed by atoms with Gasteiger partial charge in [0, 0.05) is 7.11 Å². The average Bonchev–Trinajstić information content (AvgIpc) is 2.19. The Morgan fingerprint density at radius 1 is 1.50 bits per heavy atom. The number of hydrogen-bond acceptors (Lipinski definition) is 4.